The number of nitrogens with one attached hydrogen (secondary N) is 1. The first-order chi connectivity index (χ1) is 10.2. The van der Waals surface area contributed by atoms with Gasteiger partial charge in [0, 0.05) is 12.1 Å². The highest BCUT2D eigenvalue weighted by Crippen LogP contribution is 2.31. The smallest absolute Gasteiger partial charge is 0.128 e. The molecule has 2 aromatic rings. The van der Waals surface area contributed by atoms with Crippen LogP contribution in [-0.4, -0.2) is 16.3 Å². The molecule has 0 spiro atoms. The summed E-state index contributed by atoms with van der Waals surface area (Å²) < 4.78 is 2.17. The minimum absolute atomic E-state index is 0.370. The summed E-state index contributed by atoms with van der Waals surface area (Å²) in [5.74, 6) is 1.92. The number of aromatic nitrogens is 2. The molecule has 1 aromatic carbocycles. The van der Waals surface area contributed by atoms with Gasteiger partial charge < -0.3 is 5.32 Å². The number of nitrogens with zero attached hydrogens (tertiary/aromatic N) is 2. The molecule has 0 amide bonds. The molecule has 21 heavy (non-hydrogen) atoms. The van der Waals surface area contributed by atoms with Gasteiger partial charge in [-0.15, -0.1) is 0 Å². The fourth-order valence-corrected chi connectivity index (χ4v) is 3.19. The Morgan fingerprint density at radius 1 is 1.29 bits per heavy atom. The van der Waals surface area contributed by atoms with Gasteiger partial charge in [0.25, 0.3) is 0 Å². The number of hydrogen-bond donors (Lipinski definition) is 1. The van der Waals surface area contributed by atoms with Crippen LogP contribution in [0.5, 0.6) is 0 Å². The molecule has 1 unspecified atom stereocenters. The van der Waals surface area contributed by atoms with Gasteiger partial charge >= 0.3 is 0 Å². The number of rotatable bonds is 4. The van der Waals surface area contributed by atoms with E-state index in [1.807, 2.05) is 6.20 Å². The molecule has 1 aromatic heterocycles. The van der Waals surface area contributed by atoms with E-state index in [4.69, 9.17) is 0 Å². The van der Waals surface area contributed by atoms with Gasteiger partial charge in [-0.3, -0.25) is 0 Å². The van der Waals surface area contributed by atoms with E-state index in [9.17, 15) is 0 Å². The molecule has 1 aliphatic rings. The molecule has 1 aliphatic heterocycles. The lowest BCUT2D eigenvalue weighted by molar-refractivity contribution is 0.481. The van der Waals surface area contributed by atoms with Gasteiger partial charge in [0.2, 0.25) is 0 Å². The Morgan fingerprint density at radius 3 is 2.71 bits per heavy atom. The maximum atomic E-state index is 4.61. The third-order valence-electron chi connectivity index (χ3n) is 4.27. The average molecular weight is 283 g/mol. The normalized spacial score (nSPS) is 17.6. The van der Waals surface area contributed by atoms with Crippen LogP contribution in [0.2, 0.25) is 0 Å². The van der Waals surface area contributed by atoms with Crippen LogP contribution >= 0.6 is 0 Å². The molecule has 0 aliphatic carbocycles. The summed E-state index contributed by atoms with van der Waals surface area (Å²) in [5, 5.41) is 8.11. The first-order valence-corrected chi connectivity index (χ1v) is 8.08. The van der Waals surface area contributed by atoms with Crippen LogP contribution in [0.4, 0.5) is 5.82 Å². The molecule has 0 saturated carbocycles. The lowest BCUT2D eigenvalue weighted by Gasteiger charge is -2.27. The van der Waals surface area contributed by atoms with Crippen LogP contribution in [0.25, 0.3) is 0 Å². The summed E-state index contributed by atoms with van der Waals surface area (Å²) in [6, 6.07) is 9.49. The van der Waals surface area contributed by atoms with Crippen molar-refractivity contribution in [3.8, 4) is 0 Å². The van der Waals surface area contributed by atoms with E-state index in [-0.39, 0.29) is 0 Å². The van der Waals surface area contributed by atoms with Crippen LogP contribution in [-0.2, 0) is 12.8 Å². The molecule has 3 rings (SSSR count). The van der Waals surface area contributed by atoms with E-state index in [0.29, 0.717) is 12.0 Å². The summed E-state index contributed by atoms with van der Waals surface area (Å²) in [4.78, 5) is 0. The fourth-order valence-electron chi connectivity index (χ4n) is 3.19. The van der Waals surface area contributed by atoms with Crippen LogP contribution < -0.4 is 5.32 Å². The average Bonchev–Trinajstić information content (AvgIpc) is 2.90. The Labute approximate surface area is 127 Å². The van der Waals surface area contributed by atoms with Gasteiger partial charge in [0.1, 0.15) is 5.82 Å². The van der Waals surface area contributed by atoms with Crippen LogP contribution in [0.1, 0.15) is 49.9 Å². The number of hydrogen-bond acceptors (Lipinski definition) is 2. The first kappa shape index (κ1) is 14.2. The van der Waals surface area contributed by atoms with E-state index in [2.05, 4.69) is 60.1 Å². The van der Waals surface area contributed by atoms with Gasteiger partial charge in [-0.1, -0.05) is 45.0 Å². The highest BCUT2D eigenvalue weighted by atomic mass is 15.4. The summed E-state index contributed by atoms with van der Waals surface area (Å²) in [6.07, 6.45) is 5.29. The lowest BCUT2D eigenvalue weighted by atomic mass is 9.97. The zero-order valence-corrected chi connectivity index (χ0v) is 13.3. The van der Waals surface area contributed by atoms with Crippen LogP contribution in [0, 0.1) is 5.92 Å². The summed E-state index contributed by atoms with van der Waals surface area (Å²) >= 11 is 0. The van der Waals surface area contributed by atoms with E-state index in [0.717, 1.165) is 25.8 Å². The molecule has 0 fully saturated rings. The Bertz CT molecular complexity index is 595. The van der Waals surface area contributed by atoms with Gasteiger partial charge in [0.15, 0.2) is 0 Å². The molecule has 0 saturated heterocycles. The maximum absolute atomic E-state index is 4.61. The maximum Gasteiger partial charge on any atom is 0.128 e. The third kappa shape index (κ3) is 2.82. The van der Waals surface area contributed by atoms with Gasteiger partial charge in [-0.2, -0.15) is 5.10 Å². The highest BCUT2D eigenvalue weighted by Gasteiger charge is 2.23. The van der Waals surface area contributed by atoms with Crippen LogP contribution in [0.3, 0.4) is 0 Å². The molecule has 1 N–H and O–H groups in total. The second kappa shape index (κ2) is 5.92. The van der Waals surface area contributed by atoms with Crippen molar-refractivity contribution >= 4 is 5.82 Å². The highest BCUT2D eigenvalue weighted by molar-refractivity contribution is 5.47. The van der Waals surface area contributed by atoms with Crippen molar-refractivity contribution in [2.24, 2.45) is 5.92 Å². The SMILES string of the molecule is CCc1cnn2c1NCCC2c1ccc(CC(C)C)cc1. The monoisotopic (exact) mass is 283 g/mol. The van der Waals surface area contributed by atoms with Crippen LogP contribution in [0.15, 0.2) is 30.5 Å². The Hall–Kier alpha value is -1.77. The Balaban J connectivity index is 1.86. The number of anilines is 1. The second-order valence-corrected chi connectivity index (χ2v) is 6.39. The van der Waals surface area contributed by atoms with E-state index in [1.54, 1.807) is 0 Å². The van der Waals surface area contributed by atoms with Crippen molar-refractivity contribution in [2.75, 3.05) is 11.9 Å². The second-order valence-electron chi connectivity index (χ2n) is 6.39. The van der Waals surface area contributed by atoms with E-state index < -0.39 is 0 Å². The van der Waals surface area contributed by atoms with Crippen molar-refractivity contribution < 1.29 is 0 Å². The molecule has 3 heteroatoms. The lowest BCUT2D eigenvalue weighted by Crippen LogP contribution is -2.24. The van der Waals surface area contributed by atoms with Gasteiger partial charge in [0.05, 0.1) is 12.2 Å². The number of fused-ring (bicyclic) bond motifs is 1. The molecule has 0 bridgehead atoms. The molecule has 2 heterocycles. The molecule has 3 nitrogen and oxygen atoms in total. The molecule has 0 radical (unpaired) electrons. The first-order valence-electron chi connectivity index (χ1n) is 8.08. The standard InChI is InChI=1S/C18H25N3/c1-4-15-12-20-21-17(9-10-19-18(15)21)16-7-5-14(6-8-16)11-13(2)3/h5-8,12-13,17,19H,4,9-11H2,1-3H3. The number of aryl methyl sites for hydroxylation is 1. The molecular weight excluding hydrogens is 258 g/mol. The Morgan fingerprint density at radius 2 is 2.05 bits per heavy atom. The largest absolute Gasteiger partial charge is 0.370 e. The predicted octanol–water partition coefficient (Wildman–Crippen LogP) is 4.05. The van der Waals surface area contributed by atoms with Crippen molar-refractivity contribution in [2.45, 2.75) is 46.1 Å². The van der Waals surface area contributed by atoms with Crippen molar-refractivity contribution in [3.63, 3.8) is 0 Å². The zero-order chi connectivity index (χ0) is 14.8. The van der Waals surface area contributed by atoms with Gasteiger partial charge in [-0.05, 0) is 36.3 Å². The van der Waals surface area contributed by atoms with Crippen molar-refractivity contribution in [3.05, 3.63) is 47.2 Å². The topological polar surface area (TPSA) is 29.9 Å². The van der Waals surface area contributed by atoms with Crippen molar-refractivity contribution in [1.82, 2.24) is 9.78 Å². The molecule has 112 valence electrons. The zero-order valence-electron chi connectivity index (χ0n) is 13.3. The fraction of sp³-hybridized carbons (Fsp3) is 0.500. The summed E-state index contributed by atoms with van der Waals surface area (Å²) in [7, 11) is 0. The minimum Gasteiger partial charge on any atom is -0.370 e. The molecule has 1 atom stereocenters. The number of benzene rings is 1. The van der Waals surface area contributed by atoms with E-state index >= 15 is 0 Å². The Kier molecular flexibility index (Phi) is 4.00. The van der Waals surface area contributed by atoms with Gasteiger partial charge in [-0.25, -0.2) is 4.68 Å². The summed E-state index contributed by atoms with van der Waals surface area (Å²) in [5.41, 5.74) is 4.12. The minimum atomic E-state index is 0.370. The van der Waals surface area contributed by atoms with Crippen molar-refractivity contribution in [1.29, 1.82) is 0 Å². The predicted molar refractivity (Wildman–Crippen MR) is 87.8 cm³/mol. The third-order valence-corrected chi connectivity index (χ3v) is 4.27. The molecular formula is C18H25N3. The summed E-state index contributed by atoms with van der Waals surface area (Å²) in [6.45, 7) is 7.74. The van der Waals surface area contributed by atoms with E-state index in [1.165, 1.54) is 22.5 Å². The quantitative estimate of drug-likeness (QED) is 0.917.